The lowest BCUT2D eigenvalue weighted by Gasteiger charge is -2.03. The molecule has 2 heterocycles. The first-order valence-corrected chi connectivity index (χ1v) is 6.27. The van der Waals surface area contributed by atoms with E-state index in [9.17, 15) is 9.59 Å². The van der Waals surface area contributed by atoms with Gasteiger partial charge in [-0.05, 0) is 26.0 Å². The van der Waals surface area contributed by atoms with Crippen molar-refractivity contribution in [1.29, 1.82) is 0 Å². The molecule has 0 saturated carbocycles. The fourth-order valence-electron chi connectivity index (χ4n) is 2.29. The third-order valence-corrected chi connectivity index (χ3v) is 3.27. The number of hydrogen-bond donors (Lipinski definition) is 1. The van der Waals surface area contributed by atoms with Crippen molar-refractivity contribution >= 4 is 16.8 Å². The zero-order valence-corrected chi connectivity index (χ0v) is 11.2. The summed E-state index contributed by atoms with van der Waals surface area (Å²) in [4.78, 5) is 26.8. The van der Waals surface area contributed by atoms with Gasteiger partial charge >= 0.3 is 0 Å². The van der Waals surface area contributed by atoms with Crippen molar-refractivity contribution in [3.63, 3.8) is 0 Å². The minimum atomic E-state index is -0.272. The highest BCUT2D eigenvalue weighted by atomic mass is 16.1. The number of carbonyl (C=O) groups is 1. The highest BCUT2D eigenvalue weighted by Crippen LogP contribution is 2.17. The monoisotopic (exact) mass is 267 g/mol. The summed E-state index contributed by atoms with van der Waals surface area (Å²) in [7, 11) is 0. The Labute approximate surface area is 114 Å². The minimum absolute atomic E-state index is 0.160. The number of benzene rings is 1. The van der Waals surface area contributed by atoms with Crippen LogP contribution >= 0.6 is 0 Å². The Morgan fingerprint density at radius 2 is 1.95 bits per heavy atom. The van der Waals surface area contributed by atoms with E-state index in [0.717, 1.165) is 5.69 Å². The van der Waals surface area contributed by atoms with Crippen LogP contribution < -0.4 is 5.43 Å². The summed E-state index contributed by atoms with van der Waals surface area (Å²) in [5.74, 6) is -0.250. The second-order valence-electron chi connectivity index (χ2n) is 4.64. The summed E-state index contributed by atoms with van der Waals surface area (Å²) in [6.45, 7) is 3.15. The Bertz CT molecular complexity index is 860. The van der Waals surface area contributed by atoms with Crippen LogP contribution in [-0.2, 0) is 0 Å². The predicted molar refractivity (Wildman–Crippen MR) is 76.4 cm³/mol. The van der Waals surface area contributed by atoms with E-state index in [-0.39, 0.29) is 16.8 Å². The summed E-state index contributed by atoms with van der Waals surface area (Å²) in [6, 6.07) is 9.53. The van der Waals surface area contributed by atoms with Gasteiger partial charge in [0.25, 0.3) is 0 Å². The number of nitrogens with zero attached hydrogens (tertiary/aromatic N) is 2. The first kappa shape index (κ1) is 12.3. The molecule has 2 aromatic heterocycles. The molecule has 3 rings (SSSR count). The largest absolute Gasteiger partial charge is 0.345 e. The van der Waals surface area contributed by atoms with Gasteiger partial charge in [0.05, 0.1) is 22.3 Å². The molecule has 1 N–H and O–H groups in total. The lowest BCUT2D eigenvalue weighted by atomic mass is 10.1. The van der Waals surface area contributed by atoms with E-state index in [1.54, 1.807) is 11.6 Å². The van der Waals surface area contributed by atoms with E-state index < -0.39 is 0 Å². The molecule has 0 bridgehead atoms. The number of fused-ring (bicyclic) bond motifs is 1. The van der Waals surface area contributed by atoms with Gasteiger partial charge in [0, 0.05) is 6.20 Å². The van der Waals surface area contributed by atoms with E-state index in [1.807, 2.05) is 30.3 Å². The molecule has 0 aliphatic heterocycles. The Hall–Kier alpha value is -2.69. The molecule has 0 fully saturated rings. The molecule has 0 radical (unpaired) electrons. The molecule has 0 amide bonds. The Kier molecular flexibility index (Phi) is 2.75. The number of nitrogens with one attached hydrogen (secondary N) is 1. The topological polar surface area (TPSA) is 67.8 Å². The lowest BCUT2D eigenvalue weighted by molar-refractivity contribution is 0.101. The van der Waals surface area contributed by atoms with Crippen molar-refractivity contribution in [2.75, 3.05) is 0 Å². The lowest BCUT2D eigenvalue weighted by Crippen LogP contribution is -2.14. The van der Waals surface area contributed by atoms with Gasteiger partial charge in [-0.15, -0.1) is 0 Å². The average molecular weight is 267 g/mol. The number of hydrogen-bond acceptors (Lipinski definition) is 3. The highest BCUT2D eigenvalue weighted by Gasteiger charge is 2.16. The molecule has 3 aromatic rings. The SMILES string of the molecule is CC(=O)c1c[nH]c2c(c(C)nn2-c2ccccc2)c1=O. The summed E-state index contributed by atoms with van der Waals surface area (Å²) in [5.41, 5.74) is 1.95. The average Bonchev–Trinajstić information content (AvgIpc) is 2.78. The van der Waals surface area contributed by atoms with E-state index in [2.05, 4.69) is 10.1 Å². The first-order valence-electron chi connectivity index (χ1n) is 6.27. The Morgan fingerprint density at radius 3 is 2.60 bits per heavy atom. The third kappa shape index (κ3) is 1.75. The van der Waals surface area contributed by atoms with Crippen molar-refractivity contribution < 1.29 is 4.79 Å². The molecular weight excluding hydrogens is 254 g/mol. The summed E-state index contributed by atoms with van der Waals surface area (Å²) in [6.07, 6.45) is 1.45. The standard InChI is InChI=1S/C15H13N3O2/c1-9-13-14(20)12(10(2)19)8-16-15(13)18(17-9)11-6-4-3-5-7-11/h3-8H,1-2H3,(H,16,20). The van der Waals surface area contributed by atoms with Crippen LogP contribution in [0, 0.1) is 6.92 Å². The van der Waals surface area contributed by atoms with Crippen LogP contribution in [0.15, 0.2) is 41.3 Å². The maximum atomic E-state index is 12.3. The molecule has 5 nitrogen and oxygen atoms in total. The van der Waals surface area contributed by atoms with Crippen LogP contribution in [0.25, 0.3) is 16.7 Å². The molecular formula is C15H13N3O2. The number of ketones is 1. The van der Waals surface area contributed by atoms with Crippen LogP contribution in [-0.4, -0.2) is 20.5 Å². The fourth-order valence-corrected chi connectivity index (χ4v) is 2.29. The number of aromatic amines is 1. The van der Waals surface area contributed by atoms with E-state index >= 15 is 0 Å². The molecule has 0 saturated heterocycles. The van der Waals surface area contributed by atoms with E-state index in [1.165, 1.54) is 13.1 Å². The van der Waals surface area contributed by atoms with Gasteiger partial charge in [-0.3, -0.25) is 9.59 Å². The number of aryl methyl sites for hydroxylation is 1. The molecule has 0 atom stereocenters. The maximum absolute atomic E-state index is 12.3. The smallest absolute Gasteiger partial charge is 0.203 e. The molecule has 0 aliphatic carbocycles. The number of H-pyrrole nitrogens is 1. The molecule has 0 spiro atoms. The number of Topliss-reactive ketones (excluding diaryl/α,β-unsaturated/α-hetero) is 1. The summed E-state index contributed by atoms with van der Waals surface area (Å²) >= 11 is 0. The normalized spacial score (nSPS) is 10.9. The maximum Gasteiger partial charge on any atom is 0.203 e. The van der Waals surface area contributed by atoms with Crippen LogP contribution in [0.1, 0.15) is 23.0 Å². The molecule has 5 heteroatoms. The molecule has 0 aliphatic rings. The quantitative estimate of drug-likeness (QED) is 0.724. The first-order chi connectivity index (χ1) is 9.59. The van der Waals surface area contributed by atoms with E-state index in [4.69, 9.17) is 0 Å². The summed E-state index contributed by atoms with van der Waals surface area (Å²) < 4.78 is 1.68. The minimum Gasteiger partial charge on any atom is -0.345 e. The van der Waals surface area contributed by atoms with Crippen LogP contribution in [0.4, 0.5) is 0 Å². The van der Waals surface area contributed by atoms with Gasteiger partial charge in [-0.2, -0.15) is 5.10 Å². The number of pyridine rings is 1. The Balaban J connectivity index is 2.37. The van der Waals surface area contributed by atoms with Crippen molar-refractivity contribution in [2.45, 2.75) is 13.8 Å². The van der Waals surface area contributed by atoms with Crippen LogP contribution in [0.5, 0.6) is 0 Å². The van der Waals surface area contributed by atoms with Crippen LogP contribution in [0.2, 0.25) is 0 Å². The molecule has 0 unspecified atom stereocenters. The van der Waals surface area contributed by atoms with Crippen LogP contribution in [0.3, 0.4) is 0 Å². The van der Waals surface area contributed by atoms with Gasteiger partial charge in [-0.25, -0.2) is 4.68 Å². The van der Waals surface area contributed by atoms with Gasteiger partial charge in [-0.1, -0.05) is 18.2 Å². The number of rotatable bonds is 2. The zero-order valence-electron chi connectivity index (χ0n) is 11.2. The predicted octanol–water partition coefficient (Wildman–Crippen LogP) is 2.22. The van der Waals surface area contributed by atoms with Crippen molar-refractivity contribution in [1.82, 2.24) is 14.8 Å². The molecule has 100 valence electrons. The van der Waals surface area contributed by atoms with Gasteiger partial charge in [0.1, 0.15) is 5.65 Å². The third-order valence-electron chi connectivity index (χ3n) is 3.27. The van der Waals surface area contributed by atoms with Crippen molar-refractivity contribution in [3.05, 3.63) is 58.0 Å². The Morgan fingerprint density at radius 1 is 1.25 bits per heavy atom. The number of para-hydroxylation sites is 1. The van der Waals surface area contributed by atoms with Gasteiger partial charge in [0.2, 0.25) is 5.43 Å². The zero-order chi connectivity index (χ0) is 14.3. The number of aromatic nitrogens is 3. The number of carbonyl (C=O) groups excluding carboxylic acids is 1. The second-order valence-corrected chi connectivity index (χ2v) is 4.64. The second kappa shape index (κ2) is 4.45. The van der Waals surface area contributed by atoms with Crippen molar-refractivity contribution in [2.24, 2.45) is 0 Å². The summed E-state index contributed by atoms with van der Waals surface area (Å²) in [5, 5.41) is 4.86. The van der Waals surface area contributed by atoms with Gasteiger partial charge in [0.15, 0.2) is 5.78 Å². The van der Waals surface area contributed by atoms with Crippen molar-refractivity contribution in [3.8, 4) is 5.69 Å². The van der Waals surface area contributed by atoms with E-state index in [0.29, 0.717) is 16.7 Å². The highest BCUT2D eigenvalue weighted by molar-refractivity contribution is 5.97. The molecule has 20 heavy (non-hydrogen) atoms. The van der Waals surface area contributed by atoms with Gasteiger partial charge < -0.3 is 4.98 Å². The molecule has 1 aromatic carbocycles. The fraction of sp³-hybridized carbons (Fsp3) is 0.133.